The molecular weight excluding hydrogens is 462 g/mol. The van der Waals surface area contributed by atoms with Crippen molar-refractivity contribution in [3.8, 4) is 5.75 Å². The van der Waals surface area contributed by atoms with E-state index in [1.165, 1.54) is 0 Å². The van der Waals surface area contributed by atoms with Crippen LogP contribution in [0.15, 0.2) is 55.9 Å². The quantitative estimate of drug-likeness (QED) is 0.588. The van der Waals surface area contributed by atoms with Gasteiger partial charge in [-0.15, -0.1) is 0 Å². The standard InChI is InChI=1S/C16H16Br3NO/c1-2-14(20)16(10-3-5-11(17)6-4-10)21-15-8-7-12(18)9-13(15)19/h3-9,14,16H,2,20H2,1H3. The van der Waals surface area contributed by atoms with E-state index in [-0.39, 0.29) is 12.1 Å². The van der Waals surface area contributed by atoms with E-state index in [0.29, 0.717) is 0 Å². The first-order chi connectivity index (χ1) is 10.0. The molecule has 0 spiro atoms. The molecule has 0 saturated heterocycles. The fourth-order valence-corrected chi connectivity index (χ4v) is 3.38. The third-order valence-corrected chi connectivity index (χ3v) is 4.85. The molecule has 0 bridgehead atoms. The van der Waals surface area contributed by atoms with Gasteiger partial charge in [0.1, 0.15) is 11.9 Å². The molecule has 5 heteroatoms. The predicted molar refractivity (Wildman–Crippen MR) is 97.6 cm³/mol. The van der Waals surface area contributed by atoms with Crippen LogP contribution >= 0.6 is 47.8 Å². The first-order valence-corrected chi connectivity index (χ1v) is 9.02. The second kappa shape index (κ2) is 7.77. The maximum absolute atomic E-state index is 6.25. The molecule has 0 heterocycles. The zero-order chi connectivity index (χ0) is 15.4. The maximum atomic E-state index is 6.25. The van der Waals surface area contributed by atoms with Crippen LogP contribution in [0.25, 0.3) is 0 Å². The summed E-state index contributed by atoms with van der Waals surface area (Å²) in [5, 5.41) is 0. The minimum atomic E-state index is -0.180. The Balaban J connectivity index is 2.30. The predicted octanol–water partition coefficient (Wildman–Crippen LogP) is 5.83. The molecule has 2 N–H and O–H groups in total. The topological polar surface area (TPSA) is 35.2 Å². The lowest BCUT2D eigenvalue weighted by Crippen LogP contribution is -2.31. The summed E-state index contributed by atoms with van der Waals surface area (Å²) in [6.07, 6.45) is 0.662. The minimum Gasteiger partial charge on any atom is -0.483 e. The zero-order valence-electron chi connectivity index (χ0n) is 11.5. The van der Waals surface area contributed by atoms with Gasteiger partial charge < -0.3 is 10.5 Å². The Kier molecular flexibility index (Phi) is 6.29. The van der Waals surface area contributed by atoms with Gasteiger partial charge in [-0.25, -0.2) is 0 Å². The molecule has 2 unspecified atom stereocenters. The molecule has 21 heavy (non-hydrogen) atoms. The highest BCUT2D eigenvalue weighted by Gasteiger charge is 2.21. The Morgan fingerprint density at radius 1 is 1.00 bits per heavy atom. The van der Waals surface area contributed by atoms with Crippen LogP contribution in [-0.4, -0.2) is 6.04 Å². The van der Waals surface area contributed by atoms with E-state index >= 15 is 0 Å². The lowest BCUT2D eigenvalue weighted by molar-refractivity contribution is 0.170. The van der Waals surface area contributed by atoms with Crippen LogP contribution in [0.3, 0.4) is 0 Å². The summed E-state index contributed by atoms with van der Waals surface area (Å²) in [6, 6.07) is 13.9. The van der Waals surface area contributed by atoms with E-state index in [9.17, 15) is 0 Å². The van der Waals surface area contributed by atoms with Gasteiger partial charge in [0, 0.05) is 15.0 Å². The molecule has 0 amide bonds. The van der Waals surface area contributed by atoms with Crippen LogP contribution in [-0.2, 0) is 0 Å². The summed E-state index contributed by atoms with van der Waals surface area (Å²) in [4.78, 5) is 0. The molecule has 0 aliphatic rings. The van der Waals surface area contributed by atoms with Gasteiger partial charge in [0.2, 0.25) is 0 Å². The lowest BCUT2D eigenvalue weighted by atomic mass is 10.0. The molecule has 0 saturated carbocycles. The Bertz CT molecular complexity index is 601. The van der Waals surface area contributed by atoms with Gasteiger partial charge in [0.25, 0.3) is 0 Å². The average molecular weight is 478 g/mol. The van der Waals surface area contributed by atoms with Gasteiger partial charge in [-0.3, -0.25) is 0 Å². The maximum Gasteiger partial charge on any atom is 0.139 e. The Morgan fingerprint density at radius 3 is 2.19 bits per heavy atom. The van der Waals surface area contributed by atoms with Crippen LogP contribution in [0.4, 0.5) is 0 Å². The monoisotopic (exact) mass is 475 g/mol. The molecule has 0 aromatic heterocycles. The molecule has 0 aliphatic carbocycles. The van der Waals surface area contributed by atoms with Crippen molar-refractivity contribution in [2.45, 2.75) is 25.5 Å². The first kappa shape index (κ1) is 17.0. The van der Waals surface area contributed by atoms with Crippen molar-refractivity contribution in [1.82, 2.24) is 0 Å². The zero-order valence-corrected chi connectivity index (χ0v) is 16.3. The van der Waals surface area contributed by atoms with Crippen LogP contribution < -0.4 is 10.5 Å². The highest BCUT2D eigenvalue weighted by atomic mass is 79.9. The number of hydrogen-bond acceptors (Lipinski definition) is 2. The van der Waals surface area contributed by atoms with E-state index < -0.39 is 0 Å². The number of hydrogen-bond donors (Lipinski definition) is 1. The van der Waals surface area contributed by atoms with Crippen molar-refractivity contribution in [2.24, 2.45) is 5.73 Å². The van der Waals surface area contributed by atoms with E-state index in [4.69, 9.17) is 10.5 Å². The van der Waals surface area contributed by atoms with Gasteiger partial charge >= 0.3 is 0 Å². The summed E-state index contributed by atoms with van der Waals surface area (Å²) in [6.45, 7) is 2.07. The third-order valence-electron chi connectivity index (χ3n) is 3.21. The first-order valence-electron chi connectivity index (χ1n) is 6.64. The van der Waals surface area contributed by atoms with Crippen molar-refractivity contribution < 1.29 is 4.74 Å². The van der Waals surface area contributed by atoms with Crippen molar-refractivity contribution in [2.75, 3.05) is 0 Å². The molecule has 2 atom stereocenters. The number of ether oxygens (including phenoxy) is 1. The second-order valence-corrected chi connectivity index (χ2v) is 7.42. The van der Waals surface area contributed by atoms with E-state index in [2.05, 4.69) is 54.7 Å². The summed E-state index contributed by atoms with van der Waals surface area (Å²) in [7, 11) is 0. The van der Waals surface area contributed by atoms with E-state index in [0.717, 1.165) is 31.2 Å². The molecule has 0 radical (unpaired) electrons. The molecule has 0 fully saturated rings. The van der Waals surface area contributed by atoms with Gasteiger partial charge in [0.15, 0.2) is 0 Å². The second-order valence-electron chi connectivity index (χ2n) is 4.74. The summed E-state index contributed by atoms with van der Waals surface area (Å²) in [5.41, 5.74) is 7.33. The Hall–Kier alpha value is -0.360. The molecule has 2 rings (SSSR count). The van der Waals surface area contributed by atoms with E-state index in [1.54, 1.807) is 0 Å². The summed E-state index contributed by atoms with van der Waals surface area (Å²) in [5.74, 6) is 0.787. The fraction of sp³-hybridized carbons (Fsp3) is 0.250. The minimum absolute atomic E-state index is 0.0678. The summed E-state index contributed by atoms with van der Waals surface area (Å²) >= 11 is 10.4. The Labute approximate surface area is 150 Å². The molecule has 2 nitrogen and oxygen atoms in total. The highest BCUT2D eigenvalue weighted by Crippen LogP contribution is 2.33. The number of halogens is 3. The van der Waals surface area contributed by atoms with Gasteiger partial charge in [-0.1, -0.05) is 50.9 Å². The largest absolute Gasteiger partial charge is 0.483 e. The van der Waals surface area contributed by atoms with Gasteiger partial charge in [-0.2, -0.15) is 0 Å². The molecule has 0 aliphatic heterocycles. The lowest BCUT2D eigenvalue weighted by Gasteiger charge is -2.25. The van der Waals surface area contributed by atoms with Gasteiger partial charge in [-0.05, 0) is 58.2 Å². The van der Waals surface area contributed by atoms with Crippen molar-refractivity contribution >= 4 is 47.8 Å². The normalized spacial score (nSPS) is 13.8. The fourth-order valence-electron chi connectivity index (χ4n) is 1.98. The number of benzene rings is 2. The third kappa shape index (κ3) is 4.55. The van der Waals surface area contributed by atoms with Crippen LogP contribution in [0, 0.1) is 0 Å². The smallest absolute Gasteiger partial charge is 0.139 e. The number of nitrogens with two attached hydrogens (primary N) is 1. The Morgan fingerprint density at radius 2 is 1.62 bits per heavy atom. The van der Waals surface area contributed by atoms with Crippen LogP contribution in [0.1, 0.15) is 25.0 Å². The van der Waals surface area contributed by atoms with E-state index in [1.807, 2.05) is 42.5 Å². The van der Waals surface area contributed by atoms with Crippen LogP contribution in [0.2, 0.25) is 0 Å². The molecule has 2 aromatic carbocycles. The molecular formula is C16H16Br3NO. The van der Waals surface area contributed by atoms with Crippen molar-refractivity contribution in [3.63, 3.8) is 0 Å². The molecule has 112 valence electrons. The van der Waals surface area contributed by atoms with Gasteiger partial charge in [0.05, 0.1) is 4.47 Å². The van der Waals surface area contributed by atoms with Crippen molar-refractivity contribution in [3.05, 3.63) is 61.4 Å². The van der Waals surface area contributed by atoms with Crippen LogP contribution in [0.5, 0.6) is 5.75 Å². The number of rotatable bonds is 5. The summed E-state index contributed by atoms with van der Waals surface area (Å²) < 4.78 is 9.12. The SMILES string of the molecule is CCC(N)C(Oc1ccc(Br)cc1Br)c1ccc(Br)cc1. The van der Waals surface area contributed by atoms with Crippen molar-refractivity contribution in [1.29, 1.82) is 0 Å². The highest BCUT2D eigenvalue weighted by molar-refractivity contribution is 9.11. The molecule has 2 aromatic rings. The average Bonchev–Trinajstić information content (AvgIpc) is 2.47.